The summed E-state index contributed by atoms with van der Waals surface area (Å²) in [6, 6.07) is 9.56. The minimum atomic E-state index is 0.449. The van der Waals surface area contributed by atoms with Crippen LogP contribution in [0.5, 0.6) is 0 Å². The second-order valence-corrected chi connectivity index (χ2v) is 3.92. The standard InChI is InChI=1S/C10H7IN2O/c11-9-3-1-2-4-10(9)13-6-5-8(7-14)12-13/h1-7H. The molecule has 0 bridgehead atoms. The van der Waals surface area contributed by atoms with E-state index < -0.39 is 0 Å². The minimum absolute atomic E-state index is 0.449. The van der Waals surface area contributed by atoms with E-state index in [0.717, 1.165) is 15.5 Å². The average molecular weight is 298 g/mol. The third-order valence-electron chi connectivity index (χ3n) is 1.83. The molecule has 0 saturated heterocycles. The van der Waals surface area contributed by atoms with Crippen LogP contribution in [0.2, 0.25) is 0 Å². The molecule has 14 heavy (non-hydrogen) atoms. The van der Waals surface area contributed by atoms with E-state index in [1.807, 2.05) is 24.3 Å². The van der Waals surface area contributed by atoms with Gasteiger partial charge in [-0.3, -0.25) is 4.79 Å². The molecule has 0 unspecified atom stereocenters. The van der Waals surface area contributed by atoms with E-state index in [0.29, 0.717) is 5.69 Å². The molecule has 70 valence electrons. The van der Waals surface area contributed by atoms with Gasteiger partial charge in [0.2, 0.25) is 0 Å². The Bertz CT molecular complexity index is 465. The largest absolute Gasteiger partial charge is 0.296 e. The SMILES string of the molecule is O=Cc1ccn(-c2ccccc2I)n1. The molecule has 3 nitrogen and oxygen atoms in total. The van der Waals surface area contributed by atoms with Gasteiger partial charge in [-0.05, 0) is 40.8 Å². The van der Waals surface area contributed by atoms with E-state index in [1.165, 1.54) is 0 Å². The first-order valence-corrected chi connectivity index (χ1v) is 5.15. The molecule has 0 amide bonds. The molecule has 1 aromatic carbocycles. The zero-order valence-corrected chi connectivity index (χ0v) is 9.38. The molecule has 0 radical (unpaired) electrons. The molecule has 0 fully saturated rings. The number of aromatic nitrogens is 2. The van der Waals surface area contributed by atoms with Gasteiger partial charge in [-0.1, -0.05) is 12.1 Å². The maximum absolute atomic E-state index is 10.5. The Kier molecular flexibility index (Phi) is 2.62. The van der Waals surface area contributed by atoms with Gasteiger partial charge in [-0.2, -0.15) is 5.10 Å². The molecule has 0 spiro atoms. The molecular weight excluding hydrogens is 291 g/mol. The summed E-state index contributed by atoms with van der Waals surface area (Å²) in [6.45, 7) is 0. The summed E-state index contributed by atoms with van der Waals surface area (Å²) < 4.78 is 2.80. The highest BCUT2D eigenvalue weighted by Crippen LogP contribution is 2.15. The first-order chi connectivity index (χ1) is 6.81. The predicted octanol–water partition coefficient (Wildman–Crippen LogP) is 2.29. The van der Waals surface area contributed by atoms with Crippen LogP contribution < -0.4 is 0 Å². The van der Waals surface area contributed by atoms with Gasteiger partial charge in [0.15, 0.2) is 6.29 Å². The molecule has 0 aliphatic carbocycles. The van der Waals surface area contributed by atoms with E-state index in [-0.39, 0.29) is 0 Å². The number of nitrogens with zero attached hydrogens (tertiary/aromatic N) is 2. The lowest BCUT2D eigenvalue weighted by atomic mass is 10.3. The molecule has 1 heterocycles. The normalized spacial score (nSPS) is 10.1. The number of para-hydroxylation sites is 1. The zero-order valence-electron chi connectivity index (χ0n) is 7.22. The maximum atomic E-state index is 10.5. The van der Waals surface area contributed by atoms with E-state index in [2.05, 4.69) is 27.7 Å². The van der Waals surface area contributed by atoms with E-state index in [9.17, 15) is 4.79 Å². The number of hydrogen-bond donors (Lipinski definition) is 0. The number of hydrogen-bond acceptors (Lipinski definition) is 2. The Morgan fingerprint density at radius 3 is 2.71 bits per heavy atom. The van der Waals surface area contributed by atoms with Crippen molar-refractivity contribution >= 4 is 28.9 Å². The van der Waals surface area contributed by atoms with Crippen molar-refractivity contribution in [3.05, 3.63) is 45.8 Å². The van der Waals surface area contributed by atoms with Gasteiger partial charge in [0, 0.05) is 9.77 Å². The Labute approximate surface area is 94.9 Å². The van der Waals surface area contributed by atoms with Crippen LogP contribution in [0.15, 0.2) is 36.5 Å². The summed E-state index contributed by atoms with van der Waals surface area (Å²) in [5, 5.41) is 4.10. The topological polar surface area (TPSA) is 34.9 Å². The van der Waals surface area contributed by atoms with Crippen molar-refractivity contribution in [3.8, 4) is 5.69 Å². The van der Waals surface area contributed by atoms with Gasteiger partial charge in [-0.15, -0.1) is 0 Å². The summed E-state index contributed by atoms with van der Waals surface area (Å²) in [4.78, 5) is 10.5. The lowest BCUT2D eigenvalue weighted by Gasteiger charge is -2.02. The van der Waals surface area contributed by atoms with Gasteiger partial charge >= 0.3 is 0 Å². The first kappa shape index (κ1) is 9.39. The fourth-order valence-corrected chi connectivity index (χ4v) is 1.81. The van der Waals surface area contributed by atoms with Crippen LogP contribution in [0.25, 0.3) is 5.69 Å². The van der Waals surface area contributed by atoms with Crippen LogP contribution >= 0.6 is 22.6 Å². The Balaban J connectivity index is 2.49. The van der Waals surface area contributed by atoms with Crippen LogP contribution in [0.1, 0.15) is 10.5 Å². The maximum Gasteiger partial charge on any atom is 0.170 e. The number of aldehydes is 1. The quantitative estimate of drug-likeness (QED) is 0.630. The van der Waals surface area contributed by atoms with Crippen molar-refractivity contribution in [1.82, 2.24) is 9.78 Å². The molecule has 2 aromatic rings. The highest BCUT2D eigenvalue weighted by atomic mass is 127. The molecular formula is C10H7IN2O. The first-order valence-electron chi connectivity index (χ1n) is 4.07. The molecule has 0 aliphatic rings. The van der Waals surface area contributed by atoms with Crippen LogP contribution in [0.4, 0.5) is 0 Å². The van der Waals surface area contributed by atoms with E-state index in [1.54, 1.807) is 16.9 Å². The average Bonchev–Trinajstić information content (AvgIpc) is 2.67. The number of carbonyl (C=O) groups excluding carboxylic acids is 1. The summed E-state index contributed by atoms with van der Waals surface area (Å²) in [5.74, 6) is 0. The van der Waals surface area contributed by atoms with Gasteiger partial charge in [-0.25, -0.2) is 4.68 Å². The summed E-state index contributed by atoms with van der Waals surface area (Å²) in [7, 11) is 0. The second-order valence-electron chi connectivity index (χ2n) is 2.75. The van der Waals surface area contributed by atoms with Crippen molar-refractivity contribution in [1.29, 1.82) is 0 Å². The Morgan fingerprint density at radius 2 is 2.07 bits per heavy atom. The van der Waals surface area contributed by atoms with Crippen molar-refractivity contribution in [2.24, 2.45) is 0 Å². The van der Waals surface area contributed by atoms with Crippen LogP contribution in [-0.2, 0) is 0 Å². The van der Waals surface area contributed by atoms with Crippen molar-refractivity contribution in [2.45, 2.75) is 0 Å². The lowest BCUT2D eigenvalue weighted by molar-refractivity contribution is 0.111. The fraction of sp³-hybridized carbons (Fsp3) is 0. The molecule has 0 N–H and O–H groups in total. The molecule has 4 heteroatoms. The monoisotopic (exact) mass is 298 g/mol. The summed E-state index contributed by atoms with van der Waals surface area (Å²) in [5.41, 5.74) is 1.44. The minimum Gasteiger partial charge on any atom is -0.296 e. The second kappa shape index (κ2) is 3.91. The summed E-state index contributed by atoms with van der Waals surface area (Å²) >= 11 is 2.24. The lowest BCUT2D eigenvalue weighted by Crippen LogP contribution is -1.97. The van der Waals surface area contributed by atoms with Crippen LogP contribution in [0, 0.1) is 3.57 Å². The van der Waals surface area contributed by atoms with Crippen molar-refractivity contribution in [2.75, 3.05) is 0 Å². The molecule has 2 rings (SSSR count). The zero-order chi connectivity index (χ0) is 9.97. The highest BCUT2D eigenvalue weighted by molar-refractivity contribution is 14.1. The van der Waals surface area contributed by atoms with E-state index >= 15 is 0 Å². The Hall–Kier alpha value is -1.17. The van der Waals surface area contributed by atoms with Crippen molar-refractivity contribution in [3.63, 3.8) is 0 Å². The highest BCUT2D eigenvalue weighted by Gasteiger charge is 2.02. The van der Waals surface area contributed by atoms with Gasteiger partial charge in [0.05, 0.1) is 5.69 Å². The fourth-order valence-electron chi connectivity index (χ4n) is 1.17. The predicted molar refractivity (Wildman–Crippen MR) is 61.7 cm³/mol. The third kappa shape index (κ3) is 1.70. The Morgan fingerprint density at radius 1 is 1.29 bits per heavy atom. The van der Waals surface area contributed by atoms with Gasteiger partial charge < -0.3 is 0 Å². The number of benzene rings is 1. The molecule has 1 aromatic heterocycles. The number of halogens is 1. The molecule has 0 aliphatic heterocycles. The van der Waals surface area contributed by atoms with Gasteiger partial charge in [0.1, 0.15) is 5.69 Å². The smallest absolute Gasteiger partial charge is 0.170 e. The molecule has 0 saturated carbocycles. The van der Waals surface area contributed by atoms with Crippen LogP contribution in [-0.4, -0.2) is 16.1 Å². The number of carbonyl (C=O) groups is 1. The molecule has 0 atom stereocenters. The van der Waals surface area contributed by atoms with Gasteiger partial charge in [0.25, 0.3) is 0 Å². The van der Waals surface area contributed by atoms with E-state index in [4.69, 9.17) is 0 Å². The van der Waals surface area contributed by atoms with Crippen molar-refractivity contribution < 1.29 is 4.79 Å². The third-order valence-corrected chi connectivity index (χ3v) is 2.74. The number of rotatable bonds is 2. The van der Waals surface area contributed by atoms with Crippen LogP contribution in [0.3, 0.4) is 0 Å². The summed E-state index contributed by atoms with van der Waals surface area (Å²) in [6.07, 6.45) is 2.52.